The maximum absolute atomic E-state index is 12.7. The highest BCUT2D eigenvalue weighted by Gasteiger charge is 2.04. The van der Waals surface area contributed by atoms with E-state index in [-0.39, 0.29) is 12.4 Å². The Balaban J connectivity index is 2.07. The van der Waals surface area contributed by atoms with Crippen molar-refractivity contribution in [2.45, 2.75) is 12.5 Å². The number of aliphatic hydroxyl groups excluding tert-OH is 1. The monoisotopic (exact) mass is 270 g/mol. The van der Waals surface area contributed by atoms with Crippen molar-refractivity contribution in [2.75, 3.05) is 40.3 Å². The summed E-state index contributed by atoms with van der Waals surface area (Å²) in [5, 5.41) is 12.9. The van der Waals surface area contributed by atoms with Crippen LogP contribution in [0, 0.1) is 5.82 Å². The first-order valence-corrected chi connectivity index (χ1v) is 6.50. The van der Waals surface area contributed by atoms with Gasteiger partial charge in [0.25, 0.3) is 0 Å². The largest absolute Gasteiger partial charge is 0.491 e. The molecule has 2 N–H and O–H groups in total. The predicted molar refractivity (Wildman–Crippen MR) is 73.9 cm³/mol. The molecule has 1 aromatic carbocycles. The van der Waals surface area contributed by atoms with E-state index >= 15 is 0 Å². The van der Waals surface area contributed by atoms with Crippen LogP contribution < -0.4 is 10.1 Å². The van der Waals surface area contributed by atoms with Gasteiger partial charge in [-0.25, -0.2) is 4.39 Å². The quantitative estimate of drug-likeness (QED) is 0.660. The number of hydrogen-bond donors (Lipinski definition) is 2. The van der Waals surface area contributed by atoms with Crippen LogP contribution in [0.15, 0.2) is 24.3 Å². The molecule has 0 radical (unpaired) electrons. The Labute approximate surface area is 114 Å². The topological polar surface area (TPSA) is 44.7 Å². The predicted octanol–water partition coefficient (Wildman–Crippen LogP) is 1.11. The lowest BCUT2D eigenvalue weighted by atomic mass is 10.3. The Morgan fingerprint density at radius 2 is 2.00 bits per heavy atom. The standard InChI is InChI=1S/C14H23FN2O2/c1-17(2)9-3-8-16-10-13(18)11-19-14-6-4-12(15)5-7-14/h4-7,13,16,18H,3,8-11H2,1-2H3. The van der Waals surface area contributed by atoms with Crippen LogP contribution in [0.3, 0.4) is 0 Å². The summed E-state index contributed by atoms with van der Waals surface area (Å²) >= 11 is 0. The Morgan fingerprint density at radius 1 is 1.32 bits per heavy atom. The minimum Gasteiger partial charge on any atom is -0.491 e. The summed E-state index contributed by atoms with van der Waals surface area (Å²) in [7, 11) is 4.07. The van der Waals surface area contributed by atoms with E-state index in [0.717, 1.165) is 19.5 Å². The Hall–Kier alpha value is -1.17. The normalized spacial score (nSPS) is 12.7. The van der Waals surface area contributed by atoms with Gasteiger partial charge >= 0.3 is 0 Å². The first-order chi connectivity index (χ1) is 9.08. The molecule has 0 bridgehead atoms. The average Bonchev–Trinajstić information content (AvgIpc) is 2.37. The SMILES string of the molecule is CN(C)CCCNCC(O)COc1ccc(F)cc1. The molecular weight excluding hydrogens is 247 g/mol. The van der Waals surface area contributed by atoms with E-state index < -0.39 is 6.10 Å². The van der Waals surface area contributed by atoms with E-state index in [9.17, 15) is 9.50 Å². The number of aliphatic hydroxyl groups is 1. The summed E-state index contributed by atoms with van der Waals surface area (Å²) in [6.45, 7) is 2.59. The lowest BCUT2D eigenvalue weighted by Gasteiger charge is -2.14. The van der Waals surface area contributed by atoms with Gasteiger partial charge in [-0.3, -0.25) is 0 Å². The zero-order valence-electron chi connectivity index (χ0n) is 11.6. The second-order valence-corrected chi connectivity index (χ2v) is 4.78. The molecule has 0 spiro atoms. The lowest BCUT2D eigenvalue weighted by molar-refractivity contribution is 0.106. The summed E-state index contributed by atoms with van der Waals surface area (Å²) in [5.74, 6) is 0.267. The third-order valence-electron chi connectivity index (χ3n) is 2.59. The van der Waals surface area contributed by atoms with Crippen LogP contribution in [0.4, 0.5) is 4.39 Å². The van der Waals surface area contributed by atoms with E-state index in [1.807, 2.05) is 14.1 Å². The number of rotatable bonds is 9. The van der Waals surface area contributed by atoms with Gasteiger partial charge in [-0.1, -0.05) is 0 Å². The summed E-state index contributed by atoms with van der Waals surface area (Å²) in [6, 6.07) is 5.77. The molecule has 108 valence electrons. The van der Waals surface area contributed by atoms with Gasteiger partial charge in [0, 0.05) is 6.54 Å². The highest BCUT2D eigenvalue weighted by molar-refractivity contribution is 5.22. The molecule has 0 heterocycles. The van der Waals surface area contributed by atoms with Gasteiger partial charge in [-0.15, -0.1) is 0 Å². The number of nitrogens with one attached hydrogen (secondary N) is 1. The van der Waals surface area contributed by atoms with Crippen LogP contribution in [-0.4, -0.2) is 56.4 Å². The molecule has 1 atom stereocenters. The first kappa shape index (κ1) is 15.9. The second-order valence-electron chi connectivity index (χ2n) is 4.78. The van der Waals surface area contributed by atoms with E-state index in [4.69, 9.17) is 4.74 Å². The number of ether oxygens (including phenoxy) is 1. The highest BCUT2D eigenvalue weighted by Crippen LogP contribution is 2.11. The molecule has 0 amide bonds. The number of halogens is 1. The van der Waals surface area contributed by atoms with E-state index in [0.29, 0.717) is 12.3 Å². The molecule has 5 heteroatoms. The summed E-state index contributed by atoms with van der Waals surface area (Å²) in [4.78, 5) is 2.12. The summed E-state index contributed by atoms with van der Waals surface area (Å²) in [5.41, 5.74) is 0. The molecule has 0 aliphatic heterocycles. The molecule has 1 aromatic rings. The van der Waals surface area contributed by atoms with Crippen molar-refractivity contribution in [1.82, 2.24) is 10.2 Å². The van der Waals surface area contributed by atoms with E-state index in [2.05, 4.69) is 10.2 Å². The van der Waals surface area contributed by atoms with Gasteiger partial charge in [0.15, 0.2) is 0 Å². The molecule has 1 rings (SSSR count). The fourth-order valence-electron chi connectivity index (χ4n) is 1.57. The molecule has 19 heavy (non-hydrogen) atoms. The minimum atomic E-state index is -0.565. The van der Waals surface area contributed by atoms with E-state index in [1.165, 1.54) is 12.1 Å². The summed E-state index contributed by atoms with van der Waals surface area (Å²) < 4.78 is 18.0. The van der Waals surface area contributed by atoms with Gasteiger partial charge < -0.3 is 20.1 Å². The Bertz CT molecular complexity index is 344. The van der Waals surface area contributed by atoms with Crippen LogP contribution in [0.1, 0.15) is 6.42 Å². The van der Waals surface area contributed by atoms with Gasteiger partial charge in [-0.2, -0.15) is 0 Å². The molecule has 0 aromatic heterocycles. The van der Waals surface area contributed by atoms with Crippen molar-refractivity contribution in [1.29, 1.82) is 0 Å². The summed E-state index contributed by atoms with van der Waals surface area (Å²) in [6.07, 6.45) is 0.475. The maximum Gasteiger partial charge on any atom is 0.123 e. The Morgan fingerprint density at radius 3 is 2.63 bits per heavy atom. The van der Waals surface area contributed by atoms with E-state index in [1.54, 1.807) is 12.1 Å². The fraction of sp³-hybridized carbons (Fsp3) is 0.571. The molecule has 0 saturated heterocycles. The lowest BCUT2D eigenvalue weighted by Crippen LogP contribution is -2.32. The zero-order chi connectivity index (χ0) is 14.1. The molecule has 0 fully saturated rings. The third kappa shape index (κ3) is 7.77. The minimum absolute atomic E-state index is 0.201. The third-order valence-corrected chi connectivity index (χ3v) is 2.59. The van der Waals surface area contributed by atoms with Gasteiger partial charge in [0.1, 0.15) is 24.3 Å². The average molecular weight is 270 g/mol. The highest BCUT2D eigenvalue weighted by atomic mass is 19.1. The van der Waals surface area contributed by atoms with Crippen molar-refractivity contribution in [3.8, 4) is 5.75 Å². The van der Waals surface area contributed by atoms with Crippen molar-refractivity contribution >= 4 is 0 Å². The van der Waals surface area contributed by atoms with Crippen LogP contribution in [0.25, 0.3) is 0 Å². The van der Waals surface area contributed by atoms with Crippen LogP contribution >= 0.6 is 0 Å². The Kier molecular flexibility index (Phi) is 7.40. The molecule has 4 nitrogen and oxygen atoms in total. The van der Waals surface area contributed by atoms with Gasteiger partial charge in [0.05, 0.1) is 0 Å². The zero-order valence-corrected chi connectivity index (χ0v) is 11.6. The molecule has 0 saturated carbocycles. The van der Waals surface area contributed by atoms with Crippen molar-refractivity contribution in [2.24, 2.45) is 0 Å². The second kappa shape index (κ2) is 8.85. The van der Waals surface area contributed by atoms with Crippen molar-refractivity contribution in [3.05, 3.63) is 30.1 Å². The van der Waals surface area contributed by atoms with Crippen molar-refractivity contribution < 1.29 is 14.2 Å². The van der Waals surface area contributed by atoms with Crippen molar-refractivity contribution in [3.63, 3.8) is 0 Å². The molecule has 0 aliphatic carbocycles. The van der Waals surface area contributed by atoms with Crippen LogP contribution in [0.5, 0.6) is 5.75 Å². The van der Waals surface area contributed by atoms with Crippen LogP contribution in [0.2, 0.25) is 0 Å². The fourth-order valence-corrected chi connectivity index (χ4v) is 1.57. The molecule has 0 aliphatic rings. The maximum atomic E-state index is 12.7. The van der Waals surface area contributed by atoms with Gasteiger partial charge in [0.2, 0.25) is 0 Å². The number of nitrogens with zero attached hydrogens (tertiary/aromatic N) is 1. The number of hydrogen-bond acceptors (Lipinski definition) is 4. The molecular formula is C14H23FN2O2. The smallest absolute Gasteiger partial charge is 0.123 e. The number of benzene rings is 1. The van der Waals surface area contributed by atoms with Gasteiger partial charge in [-0.05, 0) is 57.9 Å². The molecule has 1 unspecified atom stereocenters. The van der Waals surface area contributed by atoms with Crippen LogP contribution in [-0.2, 0) is 0 Å². The first-order valence-electron chi connectivity index (χ1n) is 6.50.